The summed E-state index contributed by atoms with van der Waals surface area (Å²) in [6.45, 7) is 0. The van der Waals surface area contributed by atoms with Crippen molar-refractivity contribution in [2.45, 2.75) is 6.04 Å². The number of halogens is 1. The van der Waals surface area contributed by atoms with Gasteiger partial charge in [0.05, 0.1) is 12.1 Å². The molecule has 3 rings (SSSR count). The molecule has 2 aromatic carbocycles. The van der Waals surface area contributed by atoms with Crippen molar-refractivity contribution in [1.29, 1.82) is 0 Å². The van der Waals surface area contributed by atoms with Crippen molar-refractivity contribution in [3.8, 4) is 5.75 Å². The molecule has 0 saturated heterocycles. The highest BCUT2D eigenvalue weighted by atomic mass is 35.5. The van der Waals surface area contributed by atoms with Gasteiger partial charge in [-0.3, -0.25) is 4.79 Å². The highest BCUT2D eigenvalue weighted by molar-refractivity contribution is 6.32. The average molecular weight is 344 g/mol. The van der Waals surface area contributed by atoms with Gasteiger partial charge in [0.2, 0.25) is 0 Å². The maximum Gasteiger partial charge on any atom is 0.253 e. The molecular weight excluding hydrogens is 330 g/mol. The highest BCUT2D eigenvalue weighted by Crippen LogP contribution is 2.28. The van der Waals surface area contributed by atoms with Crippen molar-refractivity contribution in [3.63, 3.8) is 0 Å². The minimum absolute atomic E-state index is 0.283. The van der Waals surface area contributed by atoms with Crippen LogP contribution in [0.4, 0.5) is 5.69 Å². The van der Waals surface area contributed by atoms with Crippen LogP contribution in [0.3, 0.4) is 0 Å². The summed E-state index contributed by atoms with van der Waals surface area (Å²) in [7, 11) is 1.53. The molecule has 122 valence electrons. The lowest BCUT2D eigenvalue weighted by molar-refractivity contribution is -0.118. The van der Waals surface area contributed by atoms with E-state index >= 15 is 0 Å². The number of rotatable bonds is 5. The van der Waals surface area contributed by atoms with Crippen molar-refractivity contribution in [1.82, 2.24) is 20.2 Å². The molecule has 0 aliphatic carbocycles. The zero-order chi connectivity index (χ0) is 16.9. The van der Waals surface area contributed by atoms with Crippen LogP contribution in [0.1, 0.15) is 11.6 Å². The van der Waals surface area contributed by atoms with Crippen LogP contribution in [0, 0.1) is 0 Å². The standard InChI is InChI=1S/C16H14ClN5O2/c1-24-14-8-7-12(9-13(14)17)19-16(23)15(22-10-18-20-21-22)11-5-3-2-4-6-11/h2-10,15H,1H3,(H,19,23)/t15-/m1/s1. The molecule has 0 spiro atoms. The van der Waals surface area contributed by atoms with E-state index in [4.69, 9.17) is 16.3 Å². The number of carbonyl (C=O) groups is 1. The first kappa shape index (κ1) is 15.9. The van der Waals surface area contributed by atoms with Crippen LogP contribution >= 0.6 is 11.6 Å². The molecule has 0 bridgehead atoms. The second-order valence-electron chi connectivity index (χ2n) is 4.94. The fourth-order valence-corrected chi connectivity index (χ4v) is 2.56. The van der Waals surface area contributed by atoms with E-state index in [0.29, 0.717) is 16.5 Å². The third kappa shape index (κ3) is 3.36. The largest absolute Gasteiger partial charge is 0.495 e. The molecule has 1 aromatic heterocycles. The Morgan fingerprint density at radius 1 is 1.25 bits per heavy atom. The summed E-state index contributed by atoms with van der Waals surface area (Å²) < 4.78 is 6.50. The van der Waals surface area contributed by atoms with Gasteiger partial charge in [-0.25, -0.2) is 4.68 Å². The SMILES string of the molecule is COc1ccc(NC(=O)[C@@H](c2ccccc2)n2cnnn2)cc1Cl. The Labute approximate surface area is 143 Å². The van der Waals surface area contributed by atoms with Crippen LogP contribution in [0.2, 0.25) is 5.02 Å². The minimum Gasteiger partial charge on any atom is -0.495 e. The Bertz CT molecular complexity index is 824. The lowest BCUT2D eigenvalue weighted by Gasteiger charge is -2.17. The summed E-state index contributed by atoms with van der Waals surface area (Å²) in [5, 5.41) is 14.3. The van der Waals surface area contributed by atoms with Crippen LogP contribution in [-0.2, 0) is 4.79 Å². The van der Waals surface area contributed by atoms with E-state index in [1.807, 2.05) is 30.3 Å². The zero-order valence-electron chi connectivity index (χ0n) is 12.8. The van der Waals surface area contributed by atoms with Gasteiger partial charge in [0.1, 0.15) is 12.1 Å². The number of nitrogens with zero attached hydrogens (tertiary/aromatic N) is 4. The summed E-state index contributed by atoms with van der Waals surface area (Å²) in [6.07, 6.45) is 1.40. The molecular formula is C16H14ClN5O2. The fraction of sp³-hybridized carbons (Fsp3) is 0.125. The first-order valence-corrected chi connectivity index (χ1v) is 7.48. The summed E-state index contributed by atoms with van der Waals surface area (Å²) in [6, 6.07) is 13.6. The van der Waals surface area contributed by atoms with E-state index in [0.717, 1.165) is 5.56 Å². The van der Waals surface area contributed by atoms with Gasteiger partial charge >= 0.3 is 0 Å². The molecule has 1 N–H and O–H groups in total. The van der Waals surface area contributed by atoms with Gasteiger partial charge in [0.15, 0.2) is 6.04 Å². The van der Waals surface area contributed by atoms with Crippen molar-refractivity contribution in [2.24, 2.45) is 0 Å². The summed E-state index contributed by atoms with van der Waals surface area (Å²) in [4.78, 5) is 12.8. The van der Waals surface area contributed by atoms with Crippen molar-refractivity contribution in [3.05, 3.63) is 65.4 Å². The van der Waals surface area contributed by atoms with E-state index in [-0.39, 0.29) is 5.91 Å². The molecule has 8 heteroatoms. The number of ether oxygens (including phenoxy) is 1. The van der Waals surface area contributed by atoms with Crippen molar-refractivity contribution < 1.29 is 9.53 Å². The van der Waals surface area contributed by atoms with Gasteiger partial charge in [-0.2, -0.15) is 0 Å². The topological polar surface area (TPSA) is 81.9 Å². The van der Waals surface area contributed by atoms with Gasteiger partial charge in [0, 0.05) is 5.69 Å². The number of tetrazole rings is 1. The molecule has 0 unspecified atom stereocenters. The molecule has 24 heavy (non-hydrogen) atoms. The van der Waals surface area contributed by atoms with Crippen LogP contribution < -0.4 is 10.1 Å². The number of amides is 1. The molecule has 0 radical (unpaired) electrons. The second kappa shape index (κ2) is 7.10. The zero-order valence-corrected chi connectivity index (χ0v) is 13.5. The summed E-state index contributed by atoms with van der Waals surface area (Å²) >= 11 is 6.10. The van der Waals surface area contributed by atoms with Crippen molar-refractivity contribution >= 4 is 23.2 Å². The summed E-state index contributed by atoms with van der Waals surface area (Å²) in [5.74, 6) is 0.254. The number of carbonyl (C=O) groups excluding carboxylic acids is 1. The molecule has 3 aromatic rings. The molecule has 7 nitrogen and oxygen atoms in total. The smallest absolute Gasteiger partial charge is 0.253 e. The van der Waals surface area contributed by atoms with Gasteiger partial charge in [-0.15, -0.1) is 5.10 Å². The first-order chi connectivity index (χ1) is 11.7. The number of aromatic nitrogens is 4. The lowest BCUT2D eigenvalue weighted by atomic mass is 10.1. The normalized spacial score (nSPS) is 11.8. The maximum atomic E-state index is 12.8. The van der Waals surface area contributed by atoms with Crippen LogP contribution in [0.5, 0.6) is 5.75 Å². The number of anilines is 1. The Hall–Kier alpha value is -2.93. The number of hydrogen-bond acceptors (Lipinski definition) is 5. The Kier molecular flexibility index (Phi) is 4.72. The first-order valence-electron chi connectivity index (χ1n) is 7.11. The van der Waals surface area contributed by atoms with Gasteiger partial charge in [0.25, 0.3) is 5.91 Å². The second-order valence-corrected chi connectivity index (χ2v) is 5.35. The molecule has 1 atom stereocenters. The monoisotopic (exact) mass is 343 g/mol. The van der Waals surface area contributed by atoms with E-state index in [2.05, 4.69) is 20.8 Å². The van der Waals surface area contributed by atoms with Crippen LogP contribution in [-0.4, -0.2) is 33.2 Å². The minimum atomic E-state index is -0.693. The average Bonchev–Trinajstić information content (AvgIpc) is 3.10. The predicted molar refractivity (Wildman–Crippen MR) is 89.0 cm³/mol. The maximum absolute atomic E-state index is 12.8. The van der Waals surface area contributed by atoms with E-state index in [9.17, 15) is 4.79 Å². The third-order valence-electron chi connectivity index (χ3n) is 3.41. The van der Waals surface area contributed by atoms with E-state index in [1.165, 1.54) is 18.1 Å². The molecule has 0 saturated carbocycles. The Morgan fingerprint density at radius 2 is 2.04 bits per heavy atom. The predicted octanol–water partition coefficient (Wildman–Crippen LogP) is 2.56. The van der Waals surface area contributed by atoms with Gasteiger partial charge in [-0.1, -0.05) is 41.9 Å². The van der Waals surface area contributed by atoms with E-state index < -0.39 is 6.04 Å². The number of hydrogen-bond donors (Lipinski definition) is 1. The fourth-order valence-electron chi connectivity index (χ4n) is 2.30. The van der Waals surface area contributed by atoms with Gasteiger partial charge < -0.3 is 10.1 Å². The molecule has 0 aliphatic rings. The molecule has 0 aliphatic heterocycles. The van der Waals surface area contributed by atoms with Gasteiger partial charge in [-0.05, 0) is 34.2 Å². The van der Waals surface area contributed by atoms with Crippen molar-refractivity contribution in [2.75, 3.05) is 12.4 Å². The van der Waals surface area contributed by atoms with Crippen LogP contribution in [0.15, 0.2) is 54.9 Å². The molecule has 1 amide bonds. The molecule has 1 heterocycles. The number of benzene rings is 2. The highest BCUT2D eigenvalue weighted by Gasteiger charge is 2.24. The quantitative estimate of drug-likeness (QED) is 0.770. The number of nitrogens with one attached hydrogen (secondary N) is 1. The summed E-state index contributed by atoms with van der Waals surface area (Å²) in [5.41, 5.74) is 1.32. The molecule has 0 fully saturated rings. The van der Waals surface area contributed by atoms with Crippen LogP contribution in [0.25, 0.3) is 0 Å². The lowest BCUT2D eigenvalue weighted by Crippen LogP contribution is -2.27. The third-order valence-corrected chi connectivity index (χ3v) is 3.71. The Balaban J connectivity index is 1.88. The number of methoxy groups -OCH3 is 1. The van der Waals surface area contributed by atoms with E-state index in [1.54, 1.807) is 18.2 Å². The Morgan fingerprint density at radius 3 is 2.67 bits per heavy atom.